The maximum atomic E-state index is 12.9. The lowest BCUT2D eigenvalue weighted by Crippen LogP contribution is -2.29. The van der Waals surface area contributed by atoms with E-state index in [2.05, 4.69) is 10.5 Å². The first kappa shape index (κ1) is 12.7. The molecule has 0 aliphatic rings. The Labute approximate surface area is 106 Å². The lowest BCUT2D eigenvalue weighted by molar-refractivity contribution is 0.548. The van der Waals surface area contributed by atoms with Gasteiger partial charge in [0.25, 0.3) is 0 Å². The van der Waals surface area contributed by atoms with Crippen molar-refractivity contribution < 1.29 is 4.39 Å². The minimum absolute atomic E-state index is 0.0416. The van der Waals surface area contributed by atoms with Crippen molar-refractivity contribution in [3.8, 4) is 0 Å². The second kappa shape index (κ2) is 5.75. The lowest BCUT2D eigenvalue weighted by Gasteiger charge is -2.15. The number of hydrogen-bond acceptors (Lipinski definition) is 3. The van der Waals surface area contributed by atoms with Crippen LogP contribution in [0.25, 0.3) is 0 Å². The van der Waals surface area contributed by atoms with Gasteiger partial charge in [0.2, 0.25) is 0 Å². The number of aryl methyl sites for hydroxylation is 1. The summed E-state index contributed by atoms with van der Waals surface area (Å²) in [6.45, 7) is 2.88. The fourth-order valence-electron chi connectivity index (χ4n) is 1.89. The molecule has 1 atom stereocenters. The van der Waals surface area contributed by atoms with Crippen LogP contribution in [0.2, 0.25) is 0 Å². The highest BCUT2D eigenvalue weighted by Crippen LogP contribution is 2.17. The van der Waals surface area contributed by atoms with Crippen LogP contribution in [-0.4, -0.2) is 9.78 Å². The largest absolute Gasteiger partial charge is 0.273 e. The molecule has 0 saturated heterocycles. The summed E-state index contributed by atoms with van der Waals surface area (Å²) in [4.78, 5) is 0. The normalized spacial score (nSPS) is 12.6. The molecule has 0 spiro atoms. The zero-order chi connectivity index (χ0) is 13.0. The summed E-state index contributed by atoms with van der Waals surface area (Å²) in [7, 11) is 0. The molecule has 1 aromatic carbocycles. The van der Waals surface area contributed by atoms with E-state index in [1.54, 1.807) is 12.1 Å². The first-order valence-electron chi connectivity index (χ1n) is 5.96. The van der Waals surface area contributed by atoms with Gasteiger partial charge < -0.3 is 0 Å². The molecule has 3 N–H and O–H groups in total. The van der Waals surface area contributed by atoms with E-state index in [-0.39, 0.29) is 11.9 Å². The number of benzene rings is 1. The summed E-state index contributed by atoms with van der Waals surface area (Å²) in [5.74, 6) is 5.32. The topological polar surface area (TPSA) is 55.9 Å². The van der Waals surface area contributed by atoms with Crippen molar-refractivity contribution in [1.29, 1.82) is 0 Å². The Morgan fingerprint density at radius 2 is 2.11 bits per heavy atom. The second-order valence-electron chi connectivity index (χ2n) is 4.18. The van der Waals surface area contributed by atoms with E-state index in [0.717, 1.165) is 24.1 Å². The number of halogens is 1. The van der Waals surface area contributed by atoms with Crippen LogP contribution in [0.15, 0.2) is 36.7 Å². The van der Waals surface area contributed by atoms with Gasteiger partial charge in [-0.1, -0.05) is 12.1 Å². The number of nitrogens with two attached hydrogens (primary N) is 1. The first-order chi connectivity index (χ1) is 8.72. The van der Waals surface area contributed by atoms with Gasteiger partial charge in [-0.25, -0.2) is 4.39 Å². The van der Waals surface area contributed by atoms with Crippen LogP contribution in [0.4, 0.5) is 4.39 Å². The zero-order valence-corrected chi connectivity index (χ0v) is 10.3. The van der Waals surface area contributed by atoms with Crippen LogP contribution >= 0.6 is 0 Å². The predicted molar refractivity (Wildman–Crippen MR) is 68.1 cm³/mol. The van der Waals surface area contributed by atoms with Crippen molar-refractivity contribution in [1.82, 2.24) is 15.2 Å². The van der Waals surface area contributed by atoms with E-state index in [1.165, 1.54) is 12.1 Å². The Kier molecular flexibility index (Phi) is 4.07. The van der Waals surface area contributed by atoms with Gasteiger partial charge in [-0.3, -0.25) is 16.0 Å². The van der Waals surface area contributed by atoms with Gasteiger partial charge >= 0.3 is 0 Å². The average molecular weight is 248 g/mol. The van der Waals surface area contributed by atoms with E-state index in [9.17, 15) is 4.39 Å². The monoisotopic (exact) mass is 248 g/mol. The van der Waals surface area contributed by atoms with Gasteiger partial charge in [-0.2, -0.15) is 5.10 Å². The minimum atomic E-state index is -0.242. The number of rotatable bonds is 5. The van der Waals surface area contributed by atoms with Gasteiger partial charge in [-0.15, -0.1) is 0 Å². The predicted octanol–water partition coefficient (Wildman–Crippen LogP) is 1.79. The smallest absolute Gasteiger partial charge is 0.123 e. The van der Waals surface area contributed by atoms with E-state index in [1.807, 2.05) is 24.0 Å². The fourth-order valence-corrected chi connectivity index (χ4v) is 1.89. The summed E-state index contributed by atoms with van der Waals surface area (Å²) >= 11 is 0. The molecule has 0 fully saturated rings. The highest BCUT2D eigenvalue weighted by molar-refractivity contribution is 5.22. The third kappa shape index (κ3) is 2.94. The maximum absolute atomic E-state index is 12.9. The maximum Gasteiger partial charge on any atom is 0.123 e. The molecule has 0 aliphatic carbocycles. The van der Waals surface area contributed by atoms with Crippen molar-refractivity contribution in [2.45, 2.75) is 25.9 Å². The Hall–Kier alpha value is -1.72. The zero-order valence-electron chi connectivity index (χ0n) is 10.3. The quantitative estimate of drug-likeness (QED) is 0.626. The molecule has 96 valence electrons. The highest BCUT2D eigenvalue weighted by Gasteiger charge is 2.11. The fraction of sp³-hybridized carbons (Fsp3) is 0.308. The van der Waals surface area contributed by atoms with Crippen molar-refractivity contribution >= 4 is 0 Å². The third-order valence-corrected chi connectivity index (χ3v) is 2.92. The van der Waals surface area contributed by atoms with Crippen LogP contribution in [-0.2, 0) is 13.0 Å². The van der Waals surface area contributed by atoms with Gasteiger partial charge in [-0.05, 0) is 36.6 Å². The molecule has 0 saturated carbocycles. The summed E-state index contributed by atoms with van der Waals surface area (Å²) in [5.41, 5.74) is 4.82. The van der Waals surface area contributed by atoms with E-state index in [4.69, 9.17) is 5.84 Å². The molecular weight excluding hydrogens is 231 g/mol. The SMILES string of the molecule is CCn1cc(CC(NN)c2ccc(F)cc2)cn1. The van der Waals surface area contributed by atoms with Crippen molar-refractivity contribution in [3.63, 3.8) is 0 Å². The van der Waals surface area contributed by atoms with Crippen LogP contribution in [0.5, 0.6) is 0 Å². The van der Waals surface area contributed by atoms with Crippen LogP contribution < -0.4 is 11.3 Å². The molecule has 1 aromatic heterocycles. The second-order valence-corrected chi connectivity index (χ2v) is 4.18. The molecule has 0 radical (unpaired) electrons. The lowest BCUT2D eigenvalue weighted by atomic mass is 10.0. The van der Waals surface area contributed by atoms with Crippen molar-refractivity contribution in [2.24, 2.45) is 5.84 Å². The van der Waals surface area contributed by atoms with Gasteiger partial charge in [0, 0.05) is 12.7 Å². The average Bonchev–Trinajstić information content (AvgIpc) is 2.85. The van der Waals surface area contributed by atoms with E-state index < -0.39 is 0 Å². The third-order valence-electron chi connectivity index (χ3n) is 2.92. The number of hydrogen-bond donors (Lipinski definition) is 2. The van der Waals surface area contributed by atoms with Gasteiger partial charge in [0.05, 0.1) is 12.2 Å². The van der Waals surface area contributed by atoms with Crippen LogP contribution in [0, 0.1) is 5.82 Å². The number of nitrogens with one attached hydrogen (secondary N) is 1. The molecule has 0 aliphatic heterocycles. The standard InChI is InChI=1S/C13H17FN4/c1-2-18-9-10(8-16-18)7-13(17-15)11-3-5-12(14)6-4-11/h3-6,8-9,13,17H,2,7,15H2,1H3. The summed E-state index contributed by atoms with van der Waals surface area (Å²) in [5, 5.41) is 4.22. The molecule has 2 rings (SSSR count). The van der Waals surface area contributed by atoms with Crippen LogP contribution in [0.1, 0.15) is 24.1 Å². The molecule has 1 unspecified atom stereocenters. The number of aromatic nitrogens is 2. The summed E-state index contributed by atoms with van der Waals surface area (Å²) < 4.78 is 14.7. The first-order valence-corrected chi connectivity index (χ1v) is 5.96. The molecule has 5 heteroatoms. The van der Waals surface area contributed by atoms with Gasteiger partial charge in [0.1, 0.15) is 5.82 Å². The van der Waals surface area contributed by atoms with E-state index in [0.29, 0.717) is 0 Å². The molecular formula is C13H17FN4. The molecule has 1 heterocycles. The molecule has 4 nitrogen and oxygen atoms in total. The Bertz CT molecular complexity index is 492. The molecule has 0 amide bonds. The summed E-state index contributed by atoms with van der Waals surface area (Å²) in [6.07, 6.45) is 4.55. The highest BCUT2D eigenvalue weighted by atomic mass is 19.1. The Morgan fingerprint density at radius 3 is 2.67 bits per heavy atom. The summed E-state index contributed by atoms with van der Waals surface area (Å²) in [6, 6.07) is 6.32. The Morgan fingerprint density at radius 1 is 1.39 bits per heavy atom. The molecule has 2 aromatic rings. The number of nitrogens with zero attached hydrogens (tertiary/aromatic N) is 2. The van der Waals surface area contributed by atoms with Crippen molar-refractivity contribution in [2.75, 3.05) is 0 Å². The van der Waals surface area contributed by atoms with E-state index >= 15 is 0 Å². The number of hydrazine groups is 1. The van der Waals surface area contributed by atoms with Crippen molar-refractivity contribution in [3.05, 3.63) is 53.6 Å². The van der Waals surface area contributed by atoms with Gasteiger partial charge in [0.15, 0.2) is 0 Å². The Balaban J connectivity index is 2.11. The van der Waals surface area contributed by atoms with Crippen LogP contribution in [0.3, 0.4) is 0 Å². The minimum Gasteiger partial charge on any atom is -0.273 e. The molecule has 0 bridgehead atoms. The molecule has 18 heavy (non-hydrogen) atoms.